The summed E-state index contributed by atoms with van der Waals surface area (Å²) in [6.45, 7) is 1.66. The average molecular weight is 483 g/mol. The van der Waals surface area contributed by atoms with Gasteiger partial charge in [0.05, 0.1) is 11.1 Å². The summed E-state index contributed by atoms with van der Waals surface area (Å²) in [5.41, 5.74) is 7.47. The van der Waals surface area contributed by atoms with Crippen LogP contribution in [-0.2, 0) is 10.0 Å². The molecule has 4 aromatic rings. The molecule has 0 radical (unpaired) electrons. The summed E-state index contributed by atoms with van der Waals surface area (Å²) in [6, 6.07) is 15.5. The van der Waals surface area contributed by atoms with Crippen LogP contribution >= 0.6 is 11.6 Å². The van der Waals surface area contributed by atoms with Crippen molar-refractivity contribution in [1.82, 2.24) is 9.97 Å². The molecule has 0 atom stereocenters. The quantitative estimate of drug-likeness (QED) is 0.325. The molecule has 0 saturated heterocycles. The average Bonchev–Trinajstić information content (AvgIpc) is 2.76. The number of nitrogens with two attached hydrogens (primary N) is 2. The SMILES string of the molecule is Cc1ccc(Nc2ncc(Cl)c(Nc3ccc4cc(C(N)=O)ccc4c3)n2)cc1S(N)(=O)=O. The maximum absolute atomic E-state index is 11.8. The van der Waals surface area contributed by atoms with E-state index in [2.05, 4.69) is 20.6 Å². The number of nitrogens with one attached hydrogen (secondary N) is 2. The predicted octanol–water partition coefficient (Wildman–Crippen LogP) is 3.83. The largest absolute Gasteiger partial charge is 0.366 e. The molecule has 168 valence electrons. The van der Waals surface area contributed by atoms with Crippen LogP contribution in [0, 0.1) is 6.92 Å². The van der Waals surface area contributed by atoms with Crippen LogP contribution in [0.1, 0.15) is 15.9 Å². The maximum Gasteiger partial charge on any atom is 0.248 e. The molecule has 4 rings (SSSR count). The number of carbonyl (C=O) groups is 1. The van der Waals surface area contributed by atoms with Gasteiger partial charge in [-0.1, -0.05) is 29.8 Å². The maximum atomic E-state index is 11.8. The Bertz CT molecular complexity index is 1510. The lowest BCUT2D eigenvalue weighted by molar-refractivity contribution is 0.100. The van der Waals surface area contributed by atoms with Gasteiger partial charge >= 0.3 is 0 Å². The molecule has 1 amide bonds. The summed E-state index contributed by atoms with van der Waals surface area (Å²) >= 11 is 6.27. The van der Waals surface area contributed by atoms with Crippen LogP contribution < -0.4 is 21.5 Å². The highest BCUT2D eigenvalue weighted by atomic mass is 35.5. The second-order valence-corrected chi connectivity index (χ2v) is 9.24. The van der Waals surface area contributed by atoms with Crippen LogP contribution in [-0.4, -0.2) is 24.3 Å². The molecule has 3 aromatic carbocycles. The highest BCUT2D eigenvalue weighted by Crippen LogP contribution is 2.28. The van der Waals surface area contributed by atoms with Crippen LogP contribution in [0.25, 0.3) is 10.8 Å². The topological polar surface area (TPSA) is 153 Å². The molecule has 11 heteroatoms. The van der Waals surface area contributed by atoms with Crippen molar-refractivity contribution in [2.24, 2.45) is 10.9 Å². The zero-order valence-corrected chi connectivity index (χ0v) is 18.9. The number of halogens is 1. The number of aryl methyl sites for hydroxylation is 1. The number of nitrogens with zero attached hydrogens (tertiary/aromatic N) is 2. The monoisotopic (exact) mass is 482 g/mol. The van der Waals surface area contributed by atoms with Crippen LogP contribution in [0.15, 0.2) is 65.7 Å². The number of benzene rings is 3. The number of sulfonamides is 1. The highest BCUT2D eigenvalue weighted by molar-refractivity contribution is 7.89. The first-order valence-electron chi connectivity index (χ1n) is 9.64. The molecule has 0 fully saturated rings. The first-order chi connectivity index (χ1) is 15.6. The molecule has 0 unspecified atom stereocenters. The number of hydrogen-bond donors (Lipinski definition) is 4. The van der Waals surface area contributed by atoms with E-state index < -0.39 is 15.9 Å². The molecule has 0 aliphatic rings. The van der Waals surface area contributed by atoms with Crippen molar-refractivity contribution in [3.8, 4) is 0 Å². The summed E-state index contributed by atoms with van der Waals surface area (Å²) in [5.74, 6) is 0.0655. The van der Waals surface area contributed by atoms with Crippen LogP contribution in [0.4, 0.5) is 23.1 Å². The van der Waals surface area contributed by atoms with E-state index in [4.69, 9.17) is 22.5 Å². The van der Waals surface area contributed by atoms with E-state index in [-0.39, 0.29) is 10.8 Å². The van der Waals surface area contributed by atoms with Crippen molar-refractivity contribution in [2.75, 3.05) is 10.6 Å². The molecule has 9 nitrogen and oxygen atoms in total. The third kappa shape index (κ3) is 5.03. The first-order valence-corrected chi connectivity index (χ1v) is 11.6. The normalized spacial score (nSPS) is 11.4. The molecule has 33 heavy (non-hydrogen) atoms. The minimum atomic E-state index is -3.87. The lowest BCUT2D eigenvalue weighted by Crippen LogP contribution is -2.14. The fourth-order valence-electron chi connectivity index (χ4n) is 3.24. The Kier molecular flexibility index (Phi) is 5.90. The Hall–Kier alpha value is -3.73. The van der Waals surface area contributed by atoms with Gasteiger partial charge in [0.1, 0.15) is 5.02 Å². The Morgan fingerprint density at radius 2 is 1.64 bits per heavy atom. The van der Waals surface area contributed by atoms with Gasteiger partial charge in [0.15, 0.2) is 5.82 Å². The number of primary amides is 1. The zero-order chi connectivity index (χ0) is 23.8. The number of fused-ring (bicyclic) bond motifs is 1. The minimum Gasteiger partial charge on any atom is -0.366 e. The number of amides is 1. The number of primary sulfonamides is 1. The van der Waals surface area contributed by atoms with Crippen molar-refractivity contribution < 1.29 is 13.2 Å². The fraction of sp³-hybridized carbons (Fsp3) is 0.0455. The third-order valence-electron chi connectivity index (χ3n) is 4.88. The second-order valence-electron chi connectivity index (χ2n) is 7.31. The van der Waals surface area contributed by atoms with Gasteiger partial charge in [0.2, 0.25) is 21.9 Å². The van der Waals surface area contributed by atoms with Crippen LogP contribution in [0.5, 0.6) is 0 Å². The molecule has 0 bridgehead atoms. The number of carbonyl (C=O) groups excluding carboxylic acids is 1. The standard InChI is InChI=1S/C22H19ClN6O3S/c1-12-2-6-17(10-19(12)33(25,31)32)28-22-26-11-18(23)21(29-22)27-16-7-5-13-8-15(20(24)30)4-3-14(13)9-16/h2-11H,1H3,(H2,24,30)(H2,25,31,32)(H2,26,27,28,29). The molecule has 0 spiro atoms. The Balaban J connectivity index is 1.60. The van der Waals surface area contributed by atoms with E-state index in [1.807, 2.05) is 18.2 Å². The summed E-state index contributed by atoms with van der Waals surface area (Å²) < 4.78 is 23.5. The van der Waals surface area contributed by atoms with Gasteiger partial charge in [-0.05, 0) is 59.7 Å². The van der Waals surface area contributed by atoms with Crippen LogP contribution in [0.2, 0.25) is 5.02 Å². The van der Waals surface area contributed by atoms with E-state index in [0.29, 0.717) is 33.3 Å². The van der Waals surface area contributed by atoms with Gasteiger partial charge < -0.3 is 16.4 Å². The molecule has 1 heterocycles. The molecule has 0 aliphatic carbocycles. The number of aromatic nitrogens is 2. The molecular weight excluding hydrogens is 464 g/mol. The molecule has 0 saturated carbocycles. The summed E-state index contributed by atoms with van der Waals surface area (Å²) in [5, 5.41) is 13.4. The molecule has 6 N–H and O–H groups in total. The van der Waals surface area contributed by atoms with E-state index >= 15 is 0 Å². The zero-order valence-electron chi connectivity index (χ0n) is 17.3. The predicted molar refractivity (Wildman–Crippen MR) is 129 cm³/mol. The Morgan fingerprint density at radius 3 is 2.36 bits per heavy atom. The molecule has 1 aromatic heterocycles. The van der Waals surface area contributed by atoms with Crippen molar-refractivity contribution >= 4 is 61.4 Å². The van der Waals surface area contributed by atoms with Crippen LogP contribution in [0.3, 0.4) is 0 Å². The van der Waals surface area contributed by atoms with Crippen molar-refractivity contribution in [3.63, 3.8) is 0 Å². The lowest BCUT2D eigenvalue weighted by Gasteiger charge is -2.12. The third-order valence-corrected chi connectivity index (χ3v) is 6.21. The van der Waals surface area contributed by atoms with Gasteiger partial charge in [-0.2, -0.15) is 4.98 Å². The summed E-state index contributed by atoms with van der Waals surface area (Å²) in [7, 11) is -3.87. The van der Waals surface area contributed by atoms with E-state index in [0.717, 1.165) is 10.8 Å². The first kappa shape index (κ1) is 22.5. The van der Waals surface area contributed by atoms with Crippen molar-refractivity contribution in [2.45, 2.75) is 11.8 Å². The van der Waals surface area contributed by atoms with Crippen molar-refractivity contribution in [1.29, 1.82) is 0 Å². The fourth-order valence-corrected chi connectivity index (χ4v) is 4.19. The number of hydrogen-bond acceptors (Lipinski definition) is 7. The smallest absolute Gasteiger partial charge is 0.248 e. The van der Waals surface area contributed by atoms with E-state index in [9.17, 15) is 13.2 Å². The van der Waals surface area contributed by atoms with E-state index in [1.54, 1.807) is 37.3 Å². The Labute approximate surface area is 194 Å². The molecular formula is C22H19ClN6O3S. The number of rotatable bonds is 6. The lowest BCUT2D eigenvalue weighted by atomic mass is 10.1. The van der Waals surface area contributed by atoms with Gasteiger partial charge in [-0.15, -0.1) is 0 Å². The minimum absolute atomic E-state index is 0.00969. The van der Waals surface area contributed by atoms with Crippen molar-refractivity contribution in [3.05, 3.63) is 76.9 Å². The number of anilines is 4. The summed E-state index contributed by atoms with van der Waals surface area (Å²) in [4.78, 5) is 19.9. The van der Waals surface area contributed by atoms with Gasteiger partial charge in [-0.3, -0.25) is 4.79 Å². The van der Waals surface area contributed by atoms with Gasteiger partial charge in [0.25, 0.3) is 0 Å². The summed E-state index contributed by atoms with van der Waals surface area (Å²) in [6.07, 6.45) is 1.42. The van der Waals surface area contributed by atoms with E-state index in [1.165, 1.54) is 12.3 Å². The molecule has 0 aliphatic heterocycles. The Morgan fingerprint density at radius 1 is 0.970 bits per heavy atom. The van der Waals surface area contributed by atoms with Gasteiger partial charge in [0, 0.05) is 16.9 Å². The highest BCUT2D eigenvalue weighted by Gasteiger charge is 2.13. The van der Waals surface area contributed by atoms with Gasteiger partial charge in [-0.25, -0.2) is 18.5 Å². The second kappa shape index (κ2) is 8.66.